The molecule has 0 saturated carbocycles. The van der Waals surface area contributed by atoms with Gasteiger partial charge in [0.2, 0.25) is 0 Å². The molecule has 0 fully saturated rings. The number of hydrogen-bond acceptors (Lipinski definition) is 3. The van der Waals surface area contributed by atoms with Crippen LogP contribution in [0.1, 0.15) is 0 Å². The Kier molecular flexibility index (Phi) is 2.26. The first-order chi connectivity index (χ1) is 8.33. The molecule has 1 N–H and O–H groups in total. The van der Waals surface area contributed by atoms with E-state index in [1.165, 1.54) is 0 Å². The van der Waals surface area contributed by atoms with Gasteiger partial charge in [0.15, 0.2) is 0 Å². The Hall–Kier alpha value is -2.36. The van der Waals surface area contributed by atoms with Crippen molar-refractivity contribution >= 4 is 22.3 Å². The molecular formula is C13H12N4. The molecule has 0 aliphatic rings. The number of rotatable bonds is 2. The van der Waals surface area contributed by atoms with Crippen LogP contribution in [0.2, 0.25) is 0 Å². The minimum atomic E-state index is 1.03. The summed E-state index contributed by atoms with van der Waals surface area (Å²) in [6.45, 7) is 0. The molecule has 2 aromatic heterocycles. The third-order valence-corrected chi connectivity index (χ3v) is 2.72. The van der Waals surface area contributed by atoms with E-state index in [9.17, 15) is 0 Å². The van der Waals surface area contributed by atoms with E-state index >= 15 is 0 Å². The molecule has 84 valence electrons. The minimum Gasteiger partial charge on any atom is -0.355 e. The molecule has 1 aromatic carbocycles. The molecule has 0 radical (unpaired) electrons. The monoisotopic (exact) mass is 224 g/mol. The second kappa shape index (κ2) is 3.90. The highest BCUT2D eigenvalue weighted by Gasteiger charge is 2.00. The first-order valence-electron chi connectivity index (χ1n) is 5.42. The summed E-state index contributed by atoms with van der Waals surface area (Å²) in [4.78, 5) is 3.99. The minimum absolute atomic E-state index is 1.03. The van der Waals surface area contributed by atoms with Gasteiger partial charge in [-0.15, -0.1) is 0 Å². The third kappa shape index (κ3) is 1.85. The van der Waals surface area contributed by atoms with Gasteiger partial charge in [-0.05, 0) is 30.3 Å². The van der Waals surface area contributed by atoms with Gasteiger partial charge < -0.3 is 5.32 Å². The fourth-order valence-electron chi connectivity index (χ4n) is 1.84. The lowest BCUT2D eigenvalue weighted by Crippen LogP contribution is -1.91. The first-order valence-corrected chi connectivity index (χ1v) is 5.42. The van der Waals surface area contributed by atoms with Crippen LogP contribution in [0.15, 0.2) is 48.9 Å². The standard InChI is InChI=1S/C13H12N4/c1-17-13-3-2-12(8-10(13)9-15-17)16-11-4-6-14-7-5-11/h2-9H,1H3,(H,14,16). The second-order valence-electron chi connectivity index (χ2n) is 3.90. The number of hydrogen-bond donors (Lipinski definition) is 1. The van der Waals surface area contributed by atoms with Crippen molar-refractivity contribution in [2.24, 2.45) is 7.05 Å². The maximum absolute atomic E-state index is 4.22. The van der Waals surface area contributed by atoms with E-state index in [0.717, 1.165) is 22.3 Å². The Bertz CT molecular complexity index is 643. The molecule has 0 atom stereocenters. The molecule has 4 nitrogen and oxygen atoms in total. The maximum Gasteiger partial charge on any atom is 0.0680 e. The van der Waals surface area contributed by atoms with E-state index in [4.69, 9.17) is 0 Å². The number of nitrogens with zero attached hydrogens (tertiary/aromatic N) is 3. The zero-order chi connectivity index (χ0) is 11.7. The zero-order valence-corrected chi connectivity index (χ0v) is 9.46. The third-order valence-electron chi connectivity index (χ3n) is 2.72. The van der Waals surface area contributed by atoms with Gasteiger partial charge >= 0.3 is 0 Å². The molecular weight excluding hydrogens is 212 g/mol. The molecule has 0 aliphatic carbocycles. The predicted molar refractivity (Wildman–Crippen MR) is 68.2 cm³/mol. The SMILES string of the molecule is Cn1ncc2cc(Nc3ccncc3)ccc21. The van der Waals surface area contributed by atoms with Crippen LogP contribution in [0.4, 0.5) is 11.4 Å². The summed E-state index contributed by atoms with van der Waals surface area (Å²) in [7, 11) is 1.94. The Morgan fingerprint density at radius 1 is 1.06 bits per heavy atom. The van der Waals surface area contributed by atoms with Crippen LogP contribution in [-0.2, 0) is 7.05 Å². The molecule has 0 amide bonds. The summed E-state index contributed by atoms with van der Waals surface area (Å²) < 4.78 is 1.87. The van der Waals surface area contributed by atoms with Gasteiger partial charge in [-0.25, -0.2) is 0 Å². The molecule has 0 aliphatic heterocycles. The van der Waals surface area contributed by atoms with Crippen molar-refractivity contribution in [1.82, 2.24) is 14.8 Å². The lowest BCUT2D eigenvalue weighted by molar-refractivity contribution is 0.797. The van der Waals surface area contributed by atoms with Crippen molar-refractivity contribution in [2.45, 2.75) is 0 Å². The van der Waals surface area contributed by atoms with E-state index in [0.29, 0.717) is 0 Å². The van der Waals surface area contributed by atoms with Gasteiger partial charge in [-0.3, -0.25) is 9.67 Å². The van der Waals surface area contributed by atoms with Gasteiger partial charge in [-0.1, -0.05) is 0 Å². The molecule has 0 saturated heterocycles. The lowest BCUT2D eigenvalue weighted by Gasteiger charge is -2.05. The largest absolute Gasteiger partial charge is 0.355 e. The quantitative estimate of drug-likeness (QED) is 0.727. The normalized spacial score (nSPS) is 10.6. The smallest absolute Gasteiger partial charge is 0.0680 e. The second-order valence-corrected chi connectivity index (χ2v) is 3.90. The fraction of sp³-hybridized carbons (Fsp3) is 0.0769. The number of fused-ring (bicyclic) bond motifs is 1. The van der Waals surface area contributed by atoms with Crippen LogP contribution < -0.4 is 5.32 Å². The Balaban J connectivity index is 1.96. The van der Waals surface area contributed by atoms with Crippen LogP contribution in [0, 0.1) is 0 Å². The molecule has 0 unspecified atom stereocenters. The number of anilines is 2. The summed E-state index contributed by atoms with van der Waals surface area (Å²) >= 11 is 0. The van der Waals surface area contributed by atoms with Gasteiger partial charge in [0, 0.05) is 36.2 Å². The van der Waals surface area contributed by atoms with Crippen molar-refractivity contribution in [3.8, 4) is 0 Å². The molecule has 0 spiro atoms. The highest BCUT2D eigenvalue weighted by molar-refractivity contribution is 5.83. The molecule has 3 rings (SSSR count). The van der Waals surface area contributed by atoms with Crippen molar-refractivity contribution in [1.29, 1.82) is 0 Å². The molecule has 3 aromatic rings. The molecule has 0 bridgehead atoms. The summed E-state index contributed by atoms with van der Waals surface area (Å²) in [5, 5.41) is 8.68. The number of benzene rings is 1. The van der Waals surface area contributed by atoms with Crippen LogP contribution in [-0.4, -0.2) is 14.8 Å². The van der Waals surface area contributed by atoms with Crippen molar-refractivity contribution < 1.29 is 0 Å². The molecule has 17 heavy (non-hydrogen) atoms. The van der Waals surface area contributed by atoms with Crippen LogP contribution in [0.3, 0.4) is 0 Å². The van der Waals surface area contributed by atoms with E-state index in [1.54, 1.807) is 12.4 Å². The number of aromatic nitrogens is 3. The average molecular weight is 224 g/mol. The summed E-state index contributed by atoms with van der Waals surface area (Å²) in [6, 6.07) is 10.1. The Morgan fingerprint density at radius 3 is 2.71 bits per heavy atom. The van der Waals surface area contributed by atoms with Crippen molar-refractivity contribution in [3.63, 3.8) is 0 Å². The number of pyridine rings is 1. The average Bonchev–Trinajstić information content (AvgIpc) is 2.72. The van der Waals surface area contributed by atoms with Crippen molar-refractivity contribution in [3.05, 3.63) is 48.9 Å². The Morgan fingerprint density at radius 2 is 1.88 bits per heavy atom. The van der Waals surface area contributed by atoms with Gasteiger partial charge in [0.25, 0.3) is 0 Å². The van der Waals surface area contributed by atoms with Crippen LogP contribution >= 0.6 is 0 Å². The van der Waals surface area contributed by atoms with E-state index in [-0.39, 0.29) is 0 Å². The van der Waals surface area contributed by atoms with Crippen LogP contribution in [0.5, 0.6) is 0 Å². The summed E-state index contributed by atoms with van der Waals surface area (Å²) in [6.07, 6.45) is 5.41. The topological polar surface area (TPSA) is 42.7 Å². The number of nitrogens with one attached hydrogen (secondary N) is 1. The highest BCUT2D eigenvalue weighted by atomic mass is 15.2. The lowest BCUT2D eigenvalue weighted by atomic mass is 10.2. The van der Waals surface area contributed by atoms with E-state index in [1.807, 2.05) is 36.1 Å². The zero-order valence-electron chi connectivity index (χ0n) is 9.46. The van der Waals surface area contributed by atoms with Gasteiger partial charge in [0.1, 0.15) is 0 Å². The van der Waals surface area contributed by atoms with Gasteiger partial charge in [-0.2, -0.15) is 5.10 Å². The number of aryl methyl sites for hydroxylation is 1. The summed E-state index contributed by atoms with van der Waals surface area (Å²) in [5.41, 5.74) is 3.21. The van der Waals surface area contributed by atoms with Gasteiger partial charge in [0.05, 0.1) is 11.7 Å². The van der Waals surface area contributed by atoms with Crippen LogP contribution in [0.25, 0.3) is 10.9 Å². The molecule has 2 heterocycles. The molecule has 4 heteroatoms. The summed E-state index contributed by atoms with van der Waals surface area (Å²) in [5.74, 6) is 0. The van der Waals surface area contributed by atoms with Crippen molar-refractivity contribution in [2.75, 3.05) is 5.32 Å². The fourth-order valence-corrected chi connectivity index (χ4v) is 1.84. The first kappa shape index (κ1) is 9.84. The predicted octanol–water partition coefficient (Wildman–Crippen LogP) is 2.71. The maximum atomic E-state index is 4.22. The Labute approximate surface area is 98.9 Å². The van der Waals surface area contributed by atoms with E-state index < -0.39 is 0 Å². The highest BCUT2D eigenvalue weighted by Crippen LogP contribution is 2.21. The van der Waals surface area contributed by atoms with E-state index in [2.05, 4.69) is 27.5 Å².